The molecular weight excluding hydrogens is 206 g/mol. The number of nitrogens with one attached hydrogen (secondary N) is 2. The van der Waals surface area contributed by atoms with E-state index in [1.165, 1.54) is 24.1 Å². The Hall–Kier alpha value is -0.900. The summed E-state index contributed by atoms with van der Waals surface area (Å²) < 4.78 is 0.590. The van der Waals surface area contributed by atoms with Crippen molar-refractivity contribution in [2.75, 3.05) is 11.9 Å². The monoisotopic (exact) mass is 223 g/mol. The second kappa shape index (κ2) is 4.31. The highest BCUT2D eigenvalue weighted by Gasteiger charge is 2.15. The van der Waals surface area contributed by atoms with Crippen LogP contribution in [0.2, 0.25) is 0 Å². The summed E-state index contributed by atoms with van der Waals surface area (Å²) in [6.07, 6.45) is 3.54. The first-order chi connectivity index (χ1) is 7.18. The minimum Gasteiger partial charge on any atom is -0.370 e. The summed E-state index contributed by atoms with van der Waals surface area (Å²) in [5, 5.41) is 3.36. The van der Waals surface area contributed by atoms with E-state index in [4.69, 9.17) is 12.2 Å². The van der Waals surface area contributed by atoms with E-state index in [0.29, 0.717) is 10.7 Å². The fourth-order valence-electron chi connectivity index (χ4n) is 2.04. The number of fused-ring (bicyclic) bond motifs is 1. The van der Waals surface area contributed by atoms with Crippen LogP contribution in [0.3, 0.4) is 0 Å². The van der Waals surface area contributed by atoms with Crippen LogP contribution in [0.4, 0.5) is 5.82 Å². The quantitative estimate of drug-likeness (QED) is 0.719. The Bertz CT molecular complexity index is 409. The molecule has 0 spiro atoms. The van der Waals surface area contributed by atoms with Crippen LogP contribution in [-0.2, 0) is 6.42 Å². The molecule has 0 aromatic carbocycles. The lowest BCUT2D eigenvalue weighted by Gasteiger charge is -2.14. The zero-order valence-corrected chi connectivity index (χ0v) is 10.1. The second-order valence-corrected chi connectivity index (χ2v) is 4.71. The molecule has 1 aromatic rings. The van der Waals surface area contributed by atoms with Gasteiger partial charge in [-0.2, -0.15) is 0 Å². The SMILES string of the molecule is CC(C)c1[nH]c(=S)nc2c1CCCCN2. The molecule has 0 fully saturated rings. The van der Waals surface area contributed by atoms with Crippen molar-refractivity contribution in [1.82, 2.24) is 9.97 Å². The zero-order valence-electron chi connectivity index (χ0n) is 9.26. The first-order valence-corrected chi connectivity index (χ1v) is 5.96. The lowest BCUT2D eigenvalue weighted by atomic mass is 10.0. The minimum atomic E-state index is 0.475. The van der Waals surface area contributed by atoms with Crippen LogP contribution < -0.4 is 5.32 Å². The maximum atomic E-state index is 5.14. The molecule has 2 heterocycles. The largest absolute Gasteiger partial charge is 0.370 e. The smallest absolute Gasteiger partial charge is 0.198 e. The van der Waals surface area contributed by atoms with Crippen molar-refractivity contribution in [2.24, 2.45) is 0 Å². The van der Waals surface area contributed by atoms with E-state index < -0.39 is 0 Å². The second-order valence-electron chi connectivity index (χ2n) is 4.32. The van der Waals surface area contributed by atoms with E-state index in [2.05, 4.69) is 29.1 Å². The average molecular weight is 223 g/mol. The lowest BCUT2D eigenvalue weighted by Crippen LogP contribution is -2.07. The fraction of sp³-hybridized carbons (Fsp3) is 0.636. The number of rotatable bonds is 1. The Kier molecular flexibility index (Phi) is 3.05. The van der Waals surface area contributed by atoms with Crippen molar-refractivity contribution in [1.29, 1.82) is 0 Å². The van der Waals surface area contributed by atoms with Crippen LogP contribution >= 0.6 is 12.2 Å². The average Bonchev–Trinajstić information content (AvgIpc) is 2.41. The molecule has 0 amide bonds. The number of hydrogen-bond acceptors (Lipinski definition) is 3. The molecule has 0 unspecified atom stereocenters. The number of aromatic amines is 1. The molecule has 2 N–H and O–H groups in total. The molecule has 1 aliphatic heterocycles. The molecule has 0 saturated carbocycles. The molecule has 0 saturated heterocycles. The first kappa shape index (κ1) is 10.6. The standard InChI is InChI=1S/C11H17N3S/c1-7(2)9-8-5-3-4-6-12-10(8)14-11(15)13-9/h7H,3-6H2,1-2H3,(H2,12,13,14,15). The van der Waals surface area contributed by atoms with Gasteiger partial charge in [-0.1, -0.05) is 13.8 Å². The zero-order chi connectivity index (χ0) is 10.8. The normalized spacial score (nSPS) is 15.7. The summed E-state index contributed by atoms with van der Waals surface area (Å²) in [7, 11) is 0. The Morgan fingerprint density at radius 1 is 1.33 bits per heavy atom. The van der Waals surface area contributed by atoms with Crippen LogP contribution in [0.15, 0.2) is 0 Å². The molecule has 0 bridgehead atoms. The Morgan fingerprint density at radius 2 is 2.13 bits per heavy atom. The van der Waals surface area contributed by atoms with Crippen LogP contribution in [-0.4, -0.2) is 16.5 Å². The summed E-state index contributed by atoms with van der Waals surface area (Å²) in [5.74, 6) is 1.48. The van der Waals surface area contributed by atoms with Crippen LogP contribution in [0.5, 0.6) is 0 Å². The summed E-state index contributed by atoms with van der Waals surface area (Å²) >= 11 is 5.14. The lowest BCUT2D eigenvalue weighted by molar-refractivity contribution is 0.748. The van der Waals surface area contributed by atoms with Crippen molar-refractivity contribution < 1.29 is 0 Å². The van der Waals surface area contributed by atoms with Gasteiger partial charge in [0.25, 0.3) is 0 Å². The van der Waals surface area contributed by atoms with E-state index in [9.17, 15) is 0 Å². The van der Waals surface area contributed by atoms with Gasteiger partial charge < -0.3 is 10.3 Å². The van der Waals surface area contributed by atoms with Gasteiger partial charge in [-0.15, -0.1) is 0 Å². The number of hydrogen-bond donors (Lipinski definition) is 2. The predicted molar refractivity (Wildman–Crippen MR) is 64.9 cm³/mol. The van der Waals surface area contributed by atoms with Gasteiger partial charge in [-0.3, -0.25) is 0 Å². The van der Waals surface area contributed by atoms with Crippen LogP contribution in [0.25, 0.3) is 0 Å². The number of aromatic nitrogens is 2. The maximum absolute atomic E-state index is 5.14. The highest BCUT2D eigenvalue weighted by molar-refractivity contribution is 7.71. The highest BCUT2D eigenvalue weighted by atomic mass is 32.1. The van der Waals surface area contributed by atoms with Crippen LogP contribution in [0.1, 0.15) is 43.9 Å². The van der Waals surface area contributed by atoms with Gasteiger partial charge in [-0.25, -0.2) is 4.98 Å². The highest BCUT2D eigenvalue weighted by Crippen LogP contribution is 2.26. The number of anilines is 1. The summed E-state index contributed by atoms with van der Waals surface area (Å²) in [6, 6.07) is 0. The summed E-state index contributed by atoms with van der Waals surface area (Å²) in [6.45, 7) is 5.38. The van der Waals surface area contributed by atoms with E-state index in [1.807, 2.05) is 0 Å². The molecule has 0 aliphatic carbocycles. The Labute approximate surface area is 95.3 Å². The maximum Gasteiger partial charge on any atom is 0.198 e. The number of H-pyrrole nitrogens is 1. The number of nitrogens with zero attached hydrogens (tertiary/aromatic N) is 1. The molecule has 0 radical (unpaired) electrons. The fourth-order valence-corrected chi connectivity index (χ4v) is 2.24. The van der Waals surface area contributed by atoms with Crippen molar-refractivity contribution >= 4 is 18.0 Å². The van der Waals surface area contributed by atoms with E-state index >= 15 is 0 Å². The van der Waals surface area contributed by atoms with Gasteiger partial charge in [-0.05, 0) is 37.4 Å². The summed E-state index contributed by atoms with van der Waals surface area (Å²) in [4.78, 5) is 7.59. The molecule has 15 heavy (non-hydrogen) atoms. The Balaban J connectivity index is 2.55. The molecule has 4 heteroatoms. The molecule has 82 valence electrons. The van der Waals surface area contributed by atoms with Gasteiger partial charge >= 0.3 is 0 Å². The van der Waals surface area contributed by atoms with Gasteiger partial charge in [0, 0.05) is 17.8 Å². The Morgan fingerprint density at radius 3 is 2.87 bits per heavy atom. The molecule has 1 aromatic heterocycles. The van der Waals surface area contributed by atoms with Gasteiger partial charge in [0.2, 0.25) is 0 Å². The molecular formula is C11H17N3S. The van der Waals surface area contributed by atoms with Crippen LogP contribution in [0, 0.1) is 4.77 Å². The van der Waals surface area contributed by atoms with Crippen molar-refractivity contribution in [3.05, 3.63) is 16.0 Å². The molecule has 1 aliphatic rings. The van der Waals surface area contributed by atoms with Crippen molar-refractivity contribution in [2.45, 2.75) is 39.0 Å². The van der Waals surface area contributed by atoms with E-state index in [-0.39, 0.29) is 0 Å². The molecule has 2 rings (SSSR count). The van der Waals surface area contributed by atoms with E-state index in [0.717, 1.165) is 18.8 Å². The van der Waals surface area contributed by atoms with Gasteiger partial charge in [0.05, 0.1) is 0 Å². The van der Waals surface area contributed by atoms with Crippen molar-refractivity contribution in [3.63, 3.8) is 0 Å². The predicted octanol–water partition coefficient (Wildman–Crippen LogP) is 3.01. The molecule has 3 nitrogen and oxygen atoms in total. The van der Waals surface area contributed by atoms with Gasteiger partial charge in [0.1, 0.15) is 5.82 Å². The van der Waals surface area contributed by atoms with Gasteiger partial charge in [0.15, 0.2) is 4.77 Å². The van der Waals surface area contributed by atoms with Crippen molar-refractivity contribution in [3.8, 4) is 0 Å². The van der Waals surface area contributed by atoms with E-state index in [1.54, 1.807) is 0 Å². The summed E-state index contributed by atoms with van der Waals surface area (Å²) in [5.41, 5.74) is 2.58. The molecule has 0 atom stereocenters. The third-order valence-electron chi connectivity index (χ3n) is 2.79. The minimum absolute atomic E-state index is 0.475. The topological polar surface area (TPSA) is 40.7 Å². The third-order valence-corrected chi connectivity index (χ3v) is 2.98. The first-order valence-electron chi connectivity index (χ1n) is 5.55. The third kappa shape index (κ3) is 2.20.